The highest BCUT2D eigenvalue weighted by atomic mass is 32.2. The van der Waals surface area contributed by atoms with Crippen LogP contribution in [0.15, 0.2) is 26.7 Å². The number of fused-ring (bicyclic) bond motifs is 1. The summed E-state index contributed by atoms with van der Waals surface area (Å²) in [5.74, 6) is 0.379. The molecule has 1 saturated heterocycles. The Kier molecular flexibility index (Phi) is 5.27. The van der Waals surface area contributed by atoms with Gasteiger partial charge in [0.25, 0.3) is 5.56 Å². The van der Waals surface area contributed by atoms with Gasteiger partial charge in [-0.15, -0.1) is 11.8 Å². The van der Waals surface area contributed by atoms with Crippen molar-refractivity contribution in [1.82, 2.24) is 19.0 Å². The van der Waals surface area contributed by atoms with Gasteiger partial charge in [0.2, 0.25) is 5.91 Å². The van der Waals surface area contributed by atoms with E-state index in [1.54, 1.807) is 19.3 Å². The fourth-order valence-corrected chi connectivity index (χ4v) is 4.07. The standard InChI is InChI=1S/C17H22N4O3S/c1-19-15-14(16(23)20(2)17(19)24)12(7-8-18-15)25-11-13(22)21-9-5-3-4-6-10-21/h7-8H,3-6,9-11H2,1-2H3. The molecule has 0 aromatic carbocycles. The van der Waals surface area contributed by atoms with E-state index in [0.717, 1.165) is 30.5 Å². The SMILES string of the molecule is Cn1c(=O)c2c(SCC(=O)N3CCCCCC3)ccnc2n(C)c1=O. The first-order valence-corrected chi connectivity index (χ1v) is 9.44. The number of amides is 1. The van der Waals surface area contributed by atoms with E-state index in [0.29, 0.717) is 15.9 Å². The molecule has 1 amide bonds. The van der Waals surface area contributed by atoms with Crippen LogP contribution in [0.3, 0.4) is 0 Å². The summed E-state index contributed by atoms with van der Waals surface area (Å²) in [4.78, 5) is 43.8. The highest BCUT2D eigenvalue weighted by molar-refractivity contribution is 8.00. The summed E-state index contributed by atoms with van der Waals surface area (Å²) < 4.78 is 2.43. The van der Waals surface area contributed by atoms with Crippen LogP contribution in [0.1, 0.15) is 25.7 Å². The van der Waals surface area contributed by atoms with Gasteiger partial charge in [-0.1, -0.05) is 12.8 Å². The fourth-order valence-electron chi connectivity index (χ4n) is 3.13. The Morgan fingerprint density at radius 2 is 1.80 bits per heavy atom. The Morgan fingerprint density at radius 1 is 1.12 bits per heavy atom. The van der Waals surface area contributed by atoms with Crippen LogP contribution in [0, 0.1) is 0 Å². The van der Waals surface area contributed by atoms with Gasteiger partial charge >= 0.3 is 5.69 Å². The number of carbonyl (C=O) groups is 1. The topological polar surface area (TPSA) is 77.2 Å². The number of hydrogen-bond acceptors (Lipinski definition) is 5. The van der Waals surface area contributed by atoms with Crippen LogP contribution in [-0.4, -0.2) is 43.8 Å². The van der Waals surface area contributed by atoms with Gasteiger partial charge in [0.1, 0.15) is 5.65 Å². The summed E-state index contributed by atoms with van der Waals surface area (Å²) in [6.07, 6.45) is 6.03. The van der Waals surface area contributed by atoms with Crippen LogP contribution in [-0.2, 0) is 18.9 Å². The Hall–Kier alpha value is -2.09. The number of nitrogens with zero attached hydrogens (tertiary/aromatic N) is 4. The Morgan fingerprint density at radius 3 is 2.48 bits per heavy atom. The first-order chi connectivity index (χ1) is 12.0. The lowest BCUT2D eigenvalue weighted by Gasteiger charge is -2.20. The molecule has 25 heavy (non-hydrogen) atoms. The second-order valence-corrected chi connectivity index (χ2v) is 7.31. The Labute approximate surface area is 149 Å². The molecule has 0 atom stereocenters. The minimum Gasteiger partial charge on any atom is -0.342 e. The van der Waals surface area contributed by atoms with Crippen molar-refractivity contribution in [2.45, 2.75) is 30.6 Å². The normalized spacial score (nSPS) is 15.4. The van der Waals surface area contributed by atoms with Gasteiger partial charge < -0.3 is 4.90 Å². The molecule has 0 bridgehead atoms. The number of carbonyl (C=O) groups excluding carboxylic acids is 1. The van der Waals surface area contributed by atoms with Gasteiger partial charge in [-0.2, -0.15) is 0 Å². The van der Waals surface area contributed by atoms with Crippen molar-refractivity contribution in [2.24, 2.45) is 14.1 Å². The minimum atomic E-state index is -0.409. The molecule has 1 aliphatic heterocycles. The maximum atomic E-state index is 12.5. The van der Waals surface area contributed by atoms with Crippen LogP contribution in [0.2, 0.25) is 0 Å². The predicted octanol–water partition coefficient (Wildman–Crippen LogP) is 1.13. The number of rotatable bonds is 3. The zero-order valence-corrected chi connectivity index (χ0v) is 15.3. The molecule has 2 aromatic heterocycles. The molecular formula is C17H22N4O3S. The molecule has 0 unspecified atom stereocenters. The van der Waals surface area contributed by atoms with Gasteiger partial charge in [-0.25, -0.2) is 9.78 Å². The molecule has 0 aliphatic carbocycles. The zero-order valence-electron chi connectivity index (χ0n) is 14.5. The van der Waals surface area contributed by atoms with Crippen molar-refractivity contribution >= 4 is 28.7 Å². The van der Waals surface area contributed by atoms with E-state index in [2.05, 4.69) is 4.98 Å². The maximum Gasteiger partial charge on any atom is 0.332 e. The number of aromatic nitrogens is 3. The minimum absolute atomic E-state index is 0.0958. The summed E-state index contributed by atoms with van der Waals surface area (Å²) in [5, 5.41) is 0.390. The molecule has 8 heteroatoms. The van der Waals surface area contributed by atoms with E-state index in [9.17, 15) is 14.4 Å². The fraction of sp³-hybridized carbons (Fsp3) is 0.529. The van der Waals surface area contributed by atoms with Crippen LogP contribution in [0.25, 0.3) is 11.0 Å². The van der Waals surface area contributed by atoms with Crippen molar-refractivity contribution in [1.29, 1.82) is 0 Å². The molecule has 3 heterocycles. The van der Waals surface area contributed by atoms with Crippen LogP contribution in [0.5, 0.6) is 0 Å². The second-order valence-electron chi connectivity index (χ2n) is 6.30. The molecule has 134 valence electrons. The molecular weight excluding hydrogens is 340 g/mol. The summed E-state index contributed by atoms with van der Waals surface area (Å²) in [7, 11) is 3.04. The number of hydrogen-bond donors (Lipinski definition) is 0. The Balaban J connectivity index is 1.88. The van der Waals surface area contributed by atoms with Crippen molar-refractivity contribution in [2.75, 3.05) is 18.8 Å². The van der Waals surface area contributed by atoms with Gasteiger partial charge in [0.05, 0.1) is 11.1 Å². The van der Waals surface area contributed by atoms with E-state index in [4.69, 9.17) is 0 Å². The zero-order chi connectivity index (χ0) is 18.0. The molecule has 0 spiro atoms. The summed E-state index contributed by atoms with van der Waals surface area (Å²) in [6, 6.07) is 1.73. The summed E-state index contributed by atoms with van der Waals surface area (Å²) >= 11 is 1.34. The summed E-state index contributed by atoms with van der Waals surface area (Å²) in [5.41, 5.74) is -0.441. The first kappa shape index (κ1) is 17.7. The third kappa shape index (κ3) is 3.49. The van der Waals surface area contributed by atoms with Gasteiger partial charge in [-0.05, 0) is 18.9 Å². The number of likely N-dealkylation sites (tertiary alicyclic amines) is 1. The quantitative estimate of drug-likeness (QED) is 0.765. The molecule has 0 radical (unpaired) electrons. The van der Waals surface area contributed by atoms with Crippen LogP contribution < -0.4 is 11.2 Å². The third-order valence-corrected chi connectivity index (χ3v) is 5.66. The van der Waals surface area contributed by atoms with Crippen molar-refractivity contribution in [3.05, 3.63) is 33.1 Å². The molecule has 1 aliphatic rings. The Bertz CT molecular complexity index is 910. The highest BCUT2D eigenvalue weighted by Crippen LogP contribution is 2.24. The van der Waals surface area contributed by atoms with E-state index in [1.165, 1.54) is 36.2 Å². The number of pyridine rings is 1. The number of thioether (sulfide) groups is 1. The lowest BCUT2D eigenvalue weighted by molar-refractivity contribution is -0.128. The van der Waals surface area contributed by atoms with Crippen molar-refractivity contribution in [3.63, 3.8) is 0 Å². The monoisotopic (exact) mass is 362 g/mol. The average molecular weight is 362 g/mol. The lowest BCUT2D eigenvalue weighted by Crippen LogP contribution is -2.37. The van der Waals surface area contributed by atoms with E-state index >= 15 is 0 Å². The van der Waals surface area contributed by atoms with Gasteiger partial charge in [0.15, 0.2) is 0 Å². The smallest absolute Gasteiger partial charge is 0.332 e. The molecule has 0 N–H and O–H groups in total. The predicted molar refractivity (Wildman–Crippen MR) is 98.0 cm³/mol. The highest BCUT2D eigenvalue weighted by Gasteiger charge is 2.18. The molecule has 7 nitrogen and oxygen atoms in total. The van der Waals surface area contributed by atoms with Crippen LogP contribution in [0.4, 0.5) is 0 Å². The first-order valence-electron chi connectivity index (χ1n) is 8.46. The second kappa shape index (κ2) is 7.43. The largest absolute Gasteiger partial charge is 0.342 e. The average Bonchev–Trinajstić information content (AvgIpc) is 2.91. The van der Waals surface area contributed by atoms with Gasteiger partial charge in [-0.3, -0.25) is 18.7 Å². The van der Waals surface area contributed by atoms with E-state index in [-0.39, 0.29) is 17.2 Å². The molecule has 0 saturated carbocycles. The van der Waals surface area contributed by atoms with E-state index < -0.39 is 5.69 Å². The van der Waals surface area contributed by atoms with Crippen molar-refractivity contribution < 1.29 is 4.79 Å². The summed E-state index contributed by atoms with van der Waals surface area (Å²) in [6.45, 7) is 1.62. The molecule has 2 aromatic rings. The maximum absolute atomic E-state index is 12.5. The van der Waals surface area contributed by atoms with E-state index in [1.807, 2.05) is 4.90 Å². The third-order valence-electron chi connectivity index (χ3n) is 4.61. The molecule has 3 rings (SSSR count). The van der Waals surface area contributed by atoms with Gasteiger partial charge in [0, 0.05) is 38.3 Å². The van der Waals surface area contributed by atoms with Crippen molar-refractivity contribution in [3.8, 4) is 0 Å². The lowest BCUT2D eigenvalue weighted by atomic mass is 10.2. The van der Waals surface area contributed by atoms with Crippen LogP contribution >= 0.6 is 11.8 Å². The molecule has 1 fully saturated rings. The number of aryl methyl sites for hydroxylation is 1.